The van der Waals surface area contributed by atoms with Gasteiger partial charge in [0.05, 0.1) is 0 Å². The van der Waals surface area contributed by atoms with Gasteiger partial charge in [0.15, 0.2) is 0 Å². The molecule has 0 N–H and O–H groups in total. The minimum atomic E-state index is 1.09. The van der Waals surface area contributed by atoms with Gasteiger partial charge >= 0.3 is 0 Å². The van der Waals surface area contributed by atoms with Gasteiger partial charge in [-0.1, -0.05) is 12.1 Å². The molecule has 74 valence electrons. The fraction of sp³-hybridized carbons (Fsp3) is 0.154. The molecule has 15 heavy (non-hydrogen) atoms. The fourth-order valence-corrected chi connectivity index (χ4v) is 3.07. The SMILES string of the molecule is Cc1ccc2c(c1)sc1nc(C)ccc12. The van der Waals surface area contributed by atoms with Crippen LogP contribution in [0.1, 0.15) is 11.3 Å². The lowest BCUT2D eigenvalue weighted by Gasteiger charge is -1.93. The summed E-state index contributed by atoms with van der Waals surface area (Å²) in [5.41, 5.74) is 2.40. The summed E-state index contributed by atoms with van der Waals surface area (Å²) in [5, 5.41) is 2.61. The second-order valence-electron chi connectivity index (χ2n) is 3.91. The van der Waals surface area contributed by atoms with E-state index in [-0.39, 0.29) is 0 Å². The van der Waals surface area contributed by atoms with E-state index in [0.717, 1.165) is 10.5 Å². The Bertz CT molecular complexity index is 596. The molecule has 1 nitrogen and oxygen atoms in total. The maximum Gasteiger partial charge on any atom is 0.124 e. The molecule has 0 amide bonds. The van der Waals surface area contributed by atoms with Crippen LogP contribution in [0.3, 0.4) is 0 Å². The summed E-state index contributed by atoms with van der Waals surface area (Å²) in [7, 11) is 0. The Hall–Kier alpha value is -1.41. The zero-order valence-electron chi connectivity index (χ0n) is 8.74. The van der Waals surface area contributed by atoms with Crippen molar-refractivity contribution in [1.82, 2.24) is 4.98 Å². The molecule has 0 unspecified atom stereocenters. The minimum absolute atomic E-state index is 1.09. The van der Waals surface area contributed by atoms with E-state index < -0.39 is 0 Å². The highest BCUT2D eigenvalue weighted by Crippen LogP contribution is 2.32. The first-order valence-electron chi connectivity index (χ1n) is 5.00. The third-order valence-corrected chi connectivity index (χ3v) is 3.70. The fourth-order valence-electron chi connectivity index (χ4n) is 1.86. The maximum absolute atomic E-state index is 4.56. The second kappa shape index (κ2) is 3.04. The Kier molecular flexibility index (Phi) is 1.80. The molecule has 0 saturated heterocycles. The molecule has 2 aromatic heterocycles. The number of thiophene rings is 1. The number of aromatic nitrogens is 1. The lowest BCUT2D eigenvalue weighted by Crippen LogP contribution is -1.77. The van der Waals surface area contributed by atoms with Gasteiger partial charge in [-0.25, -0.2) is 4.98 Å². The average molecular weight is 213 g/mol. The zero-order valence-corrected chi connectivity index (χ0v) is 9.56. The minimum Gasteiger partial charge on any atom is -0.242 e. The number of aryl methyl sites for hydroxylation is 2. The van der Waals surface area contributed by atoms with Gasteiger partial charge in [-0.3, -0.25) is 0 Å². The highest BCUT2D eigenvalue weighted by molar-refractivity contribution is 7.25. The summed E-state index contributed by atoms with van der Waals surface area (Å²) in [6, 6.07) is 10.8. The standard InChI is InChI=1S/C13H11NS/c1-8-3-5-10-11-6-4-9(2)14-13(11)15-12(10)7-8/h3-7H,1-2H3. The van der Waals surface area contributed by atoms with Crippen molar-refractivity contribution >= 4 is 31.6 Å². The summed E-state index contributed by atoms with van der Waals surface area (Å²) < 4.78 is 1.34. The Morgan fingerprint density at radius 1 is 1.00 bits per heavy atom. The Morgan fingerprint density at radius 3 is 2.67 bits per heavy atom. The van der Waals surface area contributed by atoms with E-state index >= 15 is 0 Å². The van der Waals surface area contributed by atoms with Crippen molar-refractivity contribution in [2.24, 2.45) is 0 Å². The van der Waals surface area contributed by atoms with Crippen LogP contribution in [0, 0.1) is 13.8 Å². The van der Waals surface area contributed by atoms with Gasteiger partial charge in [-0.15, -0.1) is 11.3 Å². The highest BCUT2D eigenvalue weighted by atomic mass is 32.1. The van der Waals surface area contributed by atoms with Crippen LogP contribution in [-0.2, 0) is 0 Å². The van der Waals surface area contributed by atoms with Crippen molar-refractivity contribution in [3.8, 4) is 0 Å². The summed E-state index contributed by atoms with van der Waals surface area (Å²) in [6.45, 7) is 4.16. The van der Waals surface area contributed by atoms with Crippen LogP contribution in [0.2, 0.25) is 0 Å². The number of hydrogen-bond acceptors (Lipinski definition) is 2. The molecule has 0 aliphatic carbocycles. The van der Waals surface area contributed by atoms with Gasteiger partial charge in [-0.2, -0.15) is 0 Å². The van der Waals surface area contributed by atoms with Crippen LogP contribution in [-0.4, -0.2) is 4.98 Å². The van der Waals surface area contributed by atoms with Crippen LogP contribution in [0.4, 0.5) is 0 Å². The molecule has 0 aliphatic heterocycles. The zero-order chi connectivity index (χ0) is 10.4. The van der Waals surface area contributed by atoms with Gasteiger partial charge in [0.1, 0.15) is 4.83 Å². The first-order chi connectivity index (χ1) is 7.24. The van der Waals surface area contributed by atoms with Gasteiger partial charge in [-0.05, 0) is 37.6 Å². The van der Waals surface area contributed by atoms with E-state index in [2.05, 4.69) is 42.2 Å². The molecule has 3 rings (SSSR count). The first-order valence-corrected chi connectivity index (χ1v) is 5.82. The smallest absolute Gasteiger partial charge is 0.124 e. The third kappa shape index (κ3) is 1.33. The summed E-state index contributed by atoms with van der Waals surface area (Å²) in [5.74, 6) is 0. The molecule has 0 saturated carbocycles. The largest absolute Gasteiger partial charge is 0.242 e. The normalized spacial score (nSPS) is 11.3. The predicted octanol–water partition coefficient (Wildman–Crippen LogP) is 4.07. The number of nitrogens with zero attached hydrogens (tertiary/aromatic N) is 1. The van der Waals surface area contributed by atoms with Crippen molar-refractivity contribution in [2.75, 3.05) is 0 Å². The first kappa shape index (κ1) is 8.86. The second-order valence-corrected chi connectivity index (χ2v) is 4.94. The van der Waals surface area contributed by atoms with Crippen molar-refractivity contribution in [3.05, 3.63) is 41.6 Å². The number of benzene rings is 1. The number of pyridine rings is 1. The lowest BCUT2D eigenvalue weighted by atomic mass is 10.1. The van der Waals surface area contributed by atoms with E-state index in [1.54, 1.807) is 11.3 Å². The lowest BCUT2D eigenvalue weighted by molar-refractivity contribution is 1.27. The predicted molar refractivity (Wildman–Crippen MR) is 66.6 cm³/mol. The highest BCUT2D eigenvalue weighted by Gasteiger charge is 2.05. The molecule has 3 aromatic rings. The Morgan fingerprint density at radius 2 is 1.80 bits per heavy atom. The molecule has 0 fully saturated rings. The monoisotopic (exact) mass is 213 g/mol. The molecule has 0 bridgehead atoms. The summed E-state index contributed by atoms with van der Waals surface area (Å²) in [6.07, 6.45) is 0. The third-order valence-electron chi connectivity index (χ3n) is 2.63. The molecule has 0 radical (unpaired) electrons. The topological polar surface area (TPSA) is 12.9 Å². The Labute approximate surface area is 92.4 Å². The van der Waals surface area contributed by atoms with E-state index in [9.17, 15) is 0 Å². The molecular formula is C13H11NS. The molecule has 1 aromatic carbocycles. The van der Waals surface area contributed by atoms with Crippen molar-refractivity contribution in [2.45, 2.75) is 13.8 Å². The van der Waals surface area contributed by atoms with E-state index in [1.165, 1.54) is 21.0 Å². The van der Waals surface area contributed by atoms with Crippen LogP contribution < -0.4 is 0 Å². The Balaban J connectivity index is 2.51. The van der Waals surface area contributed by atoms with Crippen LogP contribution in [0.5, 0.6) is 0 Å². The van der Waals surface area contributed by atoms with Crippen molar-refractivity contribution in [1.29, 1.82) is 0 Å². The number of rotatable bonds is 0. The van der Waals surface area contributed by atoms with E-state index in [4.69, 9.17) is 0 Å². The maximum atomic E-state index is 4.56. The van der Waals surface area contributed by atoms with Crippen molar-refractivity contribution in [3.63, 3.8) is 0 Å². The molecule has 2 heterocycles. The van der Waals surface area contributed by atoms with Gasteiger partial charge in [0.2, 0.25) is 0 Å². The molecule has 0 aliphatic rings. The molecule has 0 atom stereocenters. The summed E-state index contributed by atoms with van der Waals surface area (Å²) >= 11 is 1.78. The molecular weight excluding hydrogens is 202 g/mol. The quantitative estimate of drug-likeness (QED) is 0.548. The average Bonchev–Trinajstić information content (AvgIpc) is 2.53. The number of fused-ring (bicyclic) bond motifs is 3. The van der Waals surface area contributed by atoms with Gasteiger partial charge < -0.3 is 0 Å². The van der Waals surface area contributed by atoms with E-state index in [1.807, 2.05) is 6.92 Å². The van der Waals surface area contributed by atoms with E-state index in [0.29, 0.717) is 0 Å². The van der Waals surface area contributed by atoms with Gasteiger partial charge in [0.25, 0.3) is 0 Å². The molecule has 0 spiro atoms. The van der Waals surface area contributed by atoms with Gasteiger partial charge in [0, 0.05) is 21.2 Å². The van der Waals surface area contributed by atoms with Crippen LogP contribution in [0.15, 0.2) is 30.3 Å². The molecule has 2 heteroatoms. The summed E-state index contributed by atoms with van der Waals surface area (Å²) in [4.78, 5) is 5.71. The van der Waals surface area contributed by atoms with Crippen molar-refractivity contribution < 1.29 is 0 Å². The van der Waals surface area contributed by atoms with Crippen LogP contribution in [0.25, 0.3) is 20.3 Å². The number of hydrogen-bond donors (Lipinski definition) is 0. The van der Waals surface area contributed by atoms with Crippen LogP contribution >= 0.6 is 11.3 Å².